The van der Waals surface area contributed by atoms with E-state index < -0.39 is 6.10 Å². The van der Waals surface area contributed by atoms with Crippen LogP contribution in [0.5, 0.6) is 5.75 Å². The van der Waals surface area contributed by atoms with Gasteiger partial charge < -0.3 is 15.2 Å². The Balaban J connectivity index is 2.04. The lowest BCUT2D eigenvalue weighted by atomic mass is 10.1. The largest absolute Gasteiger partial charge is 0.495 e. The lowest BCUT2D eigenvalue weighted by Crippen LogP contribution is -2.28. The predicted octanol–water partition coefficient (Wildman–Crippen LogP) is 3.53. The second-order valence-corrected chi connectivity index (χ2v) is 5.91. The summed E-state index contributed by atoms with van der Waals surface area (Å²) in [6.07, 6.45) is -0.985. The van der Waals surface area contributed by atoms with Crippen LogP contribution in [0.1, 0.15) is 21.3 Å². The number of hydrogen-bond donors (Lipinski definition) is 2. The number of nitrogens with one attached hydrogen (secondary N) is 1. The van der Waals surface area contributed by atoms with Crippen molar-refractivity contribution in [2.24, 2.45) is 0 Å². The highest BCUT2D eigenvalue weighted by Gasteiger charge is 2.18. The van der Waals surface area contributed by atoms with Crippen LogP contribution < -0.4 is 10.1 Å². The summed E-state index contributed by atoms with van der Waals surface area (Å²) in [6, 6.07) is 6.67. The van der Waals surface area contributed by atoms with Crippen molar-refractivity contribution in [3.05, 3.63) is 50.1 Å². The summed E-state index contributed by atoms with van der Waals surface area (Å²) in [6.45, 7) is 0.00331. The maximum absolute atomic E-state index is 12.0. The summed E-state index contributed by atoms with van der Waals surface area (Å²) >= 11 is 13.3. The van der Waals surface area contributed by atoms with E-state index in [1.807, 2.05) is 0 Å². The molecule has 2 aromatic rings. The summed E-state index contributed by atoms with van der Waals surface area (Å²) in [7, 11) is 1.50. The highest BCUT2D eigenvalue weighted by atomic mass is 35.5. The van der Waals surface area contributed by atoms with Gasteiger partial charge in [-0.15, -0.1) is 11.3 Å². The van der Waals surface area contributed by atoms with E-state index in [0.29, 0.717) is 26.2 Å². The number of carbonyl (C=O) groups excluding carboxylic acids is 1. The maximum Gasteiger partial charge on any atom is 0.265 e. The zero-order valence-corrected chi connectivity index (χ0v) is 13.4. The third-order valence-corrected chi connectivity index (χ3v) is 4.40. The van der Waals surface area contributed by atoms with Crippen LogP contribution in [0, 0.1) is 0 Å². The number of carbonyl (C=O) groups is 1. The Morgan fingerprint density at radius 3 is 2.67 bits per heavy atom. The van der Waals surface area contributed by atoms with Gasteiger partial charge in [0.25, 0.3) is 5.91 Å². The lowest BCUT2D eigenvalue weighted by molar-refractivity contribution is 0.0917. The number of aliphatic hydroxyl groups excluding tert-OH is 1. The molecule has 0 aliphatic heterocycles. The van der Waals surface area contributed by atoms with Crippen LogP contribution in [0.3, 0.4) is 0 Å². The molecule has 1 heterocycles. The molecule has 0 bridgehead atoms. The monoisotopic (exact) mass is 345 g/mol. The first kappa shape index (κ1) is 16.1. The molecule has 2 rings (SSSR count). The molecule has 0 saturated heterocycles. The Morgan fingerprint density at radius 2 is 2.05 bits per heavy atom. The van der Waals surface area contributed by atoms with Crippen molar-refractivity contribution >= 4 is 40.4 Å². The van der Waals surface area contributed by atoms with Gasteiger partial charge in [0.1, 0.15) is 10.6 Å². The molecule has 4 nitrogen and oxygen atoms in total. The third kappa shape index (κ3) is 3.68. The molecule has 1 unspecified atom stereocenters. The first-order valence-corrected chi connectivity index (χ1v) is 7.69. The standard InChI is InChI=1S/C14H13Cl2NO3S/c1-20-11-5-6-21-13(11)14(19)17-7-10(18)12-8(15)3-2-4-9(12)16/h2-6,10,18H,7H2,1H3,(H,17,19). The van der Waals surface area contributed by atoms with Crippen molar-refractivity contribution in [3.8, 4) is 5.75 Å². The van der Waals surface area contributed by atoms with Crippen LogP contribution in [-0.2, 0) is 0 Å². The normalized spacial score (nSPS) is 12.0. The van der Waals surface area contributed by atoms with E-state index >= 15 is 0 Å². The van der Waals surface area contributed by atoms with Crippen LogP contribution in [0.15, 0.2) is 29.6 Å². The van der Waals surface area contributed by atoms with Crippen LogP contribution in [-0.4, -0.2) is 24.7 Å². The van der Waals surface area contributed by atoms with E-state index in [-0.39, 0.29) is 12.5 Å². The number of ether oxygens (including phenoxy) is 1. The van der Waals surface area contributed by atoms with Gasteiger partial charge in [-0.2, -0.15) is 0 Å². The smallest absolute Gasteiger partial charge is 0.265 e. The minimum Gasteiger partial charge on any atom is -0.495 e. The lowest BCUT2D eigenvalue weighted by Gasteiger charge is -2.15. The van der Waals surface area contributed by atoms with Crippen LogP contribution in [0.25, 0.3) is 0 Å². The minimum atomic E-state index is -0.985. The molecule has 1 aromatic heterocycles. The van der Waals surface area contributed by atoms with Gasteiger partial charge in [0, 0.05) is 22.2 Å². The molecular weight excluding hydrogens is 333 g/mol. The van der Waals surface area contributed by atoms with Gasteiger partial charge in [-0.3, -0.25) is 4.79 Å². The van der Waals surface area contributed by atoms with Crippen molar-refractivity contribution in [1.29, 1.82) is 0 Å². The van der Waals surface area contributed by atoms with Gasteiger partial charge >= 0.3 is 0 Å². The second-order valence-electron chi connectivity index (χ2n) is 4.18. The second kappa shape index (κ2) is 7.13. The summed E-state index contributed by atoms with van der Waals surface area (Å²) in [5.41, 5.74) is 0.402. The van der Waals surface area contributed by atoms with E-state index in [0.717, 1.165) is 0 Å². The number of aliphatic hydroxyl groups is 1. The molecule has 1 atom stereocenters. The minimum absolute atomic E-state index is 0.00331. The Labute approximate surface area is 136 Å². The van der Waals surface area contributed by atoms with E-state index in [9.17, 15) is 9.90 Å². The molecule has 0 saturated carbocycles. The van der Waals surface area contributed by atoms with Gasteiger partial charge in [-0.1, -0.05) is 29.3 Å². The van der Waals surface area contributed by atoms with Crippen molar-refractivity contribution in [3.63, 3.8) is 0 Å². The van der Waals surface area contributed by atoms with Crippen LogP contribution >= 0.6 is 34.5 Å². The summed E-state index contributed by atoms with van der Waals surface area (Å²) < 4.78 is 5.08. The molecule has 2 N–H and O–H groups in total. The summed E-state index contributed by atoms with van der Waals surface area (Å²) in [4.78, 5) is 12.5. The molecule has 1 amide bonds. The average Bonchev–Trinajstić information content (AvgIpc) is 2.93. The molecular formula is C14H13Cl2NO3S. The fourth-order valence-electron chi connectivity index (χ4n) is 1.82. The SMILES string of the molecule is COc1ccsc1C(=O)NCC(O)c1c(Cl)cccc1Cl. The fraction of sp³-hybridized carbons (Fsp3) is 0.214. The molecule has 0 spiro atoms. The average molecular weight is 346 g/mol. The summed E-state index contributed by atoms with van der Waals surface area (Å²) in [5, 5.41) is 15.3. The zero-order valence-electron chi connectivity index (χ0n) is 11.1. The zero-order chi connectivity index (χ0) is 15.4. The Bertz CT molecular complexity index is 625. The van der Waals surface area contributed by atoms with Gasteiger partial charge in [0.05, 0.1) is 13.2 Å². The molecule has 0 fully saturated rings. The van der Waals surface area contributed by atoms with Crippen LogP contribution in [0.4, 0.5) is 0 Å². The Hall–Kier alpha value is -1.27. The molecule has 0 radical (unpaired) electrons. The van der Waals surface area contributed by atoms with E-state index in [1.165, 1.54) is 18.4 Å². The van der Waals surface area contributed by atoms with E-state index in [1.54, 1.807) is 29.6 Å². The Kier molecular flexibility index (Phi) is 5.47. The van der Waals surface area contributed by atoms with Crippen LogP contribution in [0.2, 0.25) is 10.0 Å². The Morgan fingerprint density at radius 1 is 1.38 bits per heavy atom. The maximum atomic E-state index is 12.0. The van der Waals surface area contributed by atoms with Gasteiger partial charge in [-0.25, -0.2) is 0 Å². The van der Waals surface area contributed by atoms with E-state index in [2.05, 4.69) is 5.32 Å². The number of rotatable bonds is 5. The first-order valence-electron chi connectivity index (χ1n) is 6.06. The van der Waals surface area contributed by atoms with Crippen molar-refractivity contribution in [1.82, 2.24) is 5.32 Å². The van der Waals surface area contributed by atoms with E-state index in [4.69, 9.17) is 27.9 Å². The van der Waals surface area contributed by atoms with Gasteiger partial charge in [-0.05, 0) is 23.6 Å². The highest BCUT2D eigenvalue weighted by Crippen LogP contribution is 2.30. The van der Waals surface area contributed by atoms with Crippen molar-refractivity contribution < 1.29 is 14.6 Å². The number of halogens is 2. The van der Waals surface area contributed by atoms with Crippen molar-refractivity contribution in [2.45, 2.75) is 6.10 Å². The van der Waals surface area contributed by atoms with Gasteiger partial charge in [0.2, 0.25) is 0 Å². The molecule has 0 aliphatic carbocycles. The number of amides is 1. The topological polar surface area (TPSA) is 58.6 Å². The van der Waals surface area contributed by atoms with Crippen molar-refractivity contribution in [2.75, 3.05) is 13.7 Å². The number of benzene rings is 1. The highest BCUT2D eigenvalue weighted by molar-refractivity contribution is 7.12. The quantitative estimate of drug-likeness (QED) is 0.871. The molecule has 21 heavy (non-hydrogen) atoms. The molecule has 112 valence electrons. The summed E-state index contributed by atoms with van der Waals surface area (Å²) in [5.74, 6) is 0.187. The predicted molar refractivity (Wildman–Crippen MR) is 84.6 cm³/mol. The molecule has 1 aromatic carbocycles. The number of thiophene rings is 1. The first-order chi connectivity index (χ1) is 10.0. The fourth-order valence-corrected chi connectivity index (χ4v) is 3.25. The number of hydrogen-bond acceptors (Lipinski definition) is 4. The molecule has 0 aliphatic rings. The van der Waals surface area contributed by atoms with Gasteiger partial charge in [0.15, 0.2) is 0 Å². The molecule has 7 heteroatoms. The third-order valence-electron chi connectivity index (χ3n) is 2.84. The number of methoxy groups -OCH3 is 1.